The topological polar surface area (TPSA) is 57.7 Å². The van der Waals surface area contributed by atoms with Gasteiger partial charge in [-0.3, -0.25) is 4.79 Å². The zero-order valence-corrected chi connectivity index (χ0v) is 14.6. The molecule has 0 aliphatic rings. The second-order valence-electron chi connectivity index (χ2n) is 5.88. The molecule has 0 atom stereocenters. The minimum atomic E-state index is -3.28. The van der Waals surface area contributed by atoms with Crippen molar-refractivity contribution < 1.29 is 13.2 Å². The number of benzene rings is 1. The highest BCUT2D eigenvalue weighted by molar-refractivity contribution is 7.88. The third-order valence-electron chi connectivity index (χ3n) is 3.52. The van der Waals surface area contributed by atoms with Gasteiger partial charge >= 0.3 is 0 Å². The Balaban J connectivity index is 2.62. The van der Waals surface area contributed by atoms with Gasteiger partial charge in [0.05, 0.1) is 6.26 Å². The van der Waals surface area contributed by atoms with Crippen molar-refractivity contribution in [3.63, 3.8) is 0 Å². The van der Waals surface area contributed by atoms with Crippen molar-refractivity contribution in [1.82, 2.24) is 4.31 Å². The number of carbonyl (C=O) groups is 1. The van der Waals surface area contributed by atoms with E-state index in [1.165, 1.54) is 10.6 Å². The van der Waals surface area contributed by atoms with Gasteiger partial charge in [0.1, 0.15) is 0 Å². The lowest BCUT2D eigenvalue weighted by atomic mass is 10.1. The predicted octanol–water partition coefficient (Wildman–Crippen LogP) is 2.35. The lowest BCUT2D eigenvalue weighted by Crippen LogP contribution is -2.36. The van der Waals surface area contributed by atoms with Crippen LogP contribution in [0.15, 0.2) is 30.3 Å². The molecule has 5 nitrogen and oxygen atoms in total. The molecule has 1 rings (SSSR count). The fraction of sp³-hybridized carbons (Fsp3) is 0.562. The van der Waals surface area contributed by atoms with E-state index in [9.17, 15) is 13.2 Å². The summed E-state index contributed by atoms with van der Waals surface area (Å²) in [6.07, 6.45) is 2.16. The molecule has 1 amide bonds. The Bertz CT molecular complexity index is 570. The monoisotopic (exact) mass is 326 g/mol. The number of amides is 1. The molecular formula is C16H26N2O3S. The maximum absolute atomic E-state index is 12.2. The largest absolute Gasteiger partial charge is 0.315 e. The molecule has 0 heterocycles. The van der Waals surface area contributed by atoms with Gasteiger partial charge in [-0.2, -0.15) is 0 Å². The molecule has 1 aromatic rings. The predicted molar refractivity (Wildman–Crippen MR) is 90.3 cm³/mol. The number of carbonyl (C=O) groups excluding carboxylic acids is 1. The van der Waals surface area contributed by atoms with Gasteiger partial charge in [0.15, 0.2) is 0 Å². The quantitative estimate of drug-likeness (QED) is 0.737. The van der Waals surface area contributed by atoms with E-state index in [0.717, 1.165) is 12.1 Å². The first-order valence-electron chi connectivity index (χ1n) is 7.48. The van der Waals surface area contributed by atoms with E-state index in [1.807, 2.05) is 30.3 Å². The molecule has 124 valence electrons. The number of rotatable bonds is 8. The lowest BCUT2D eigenvalue weighted by Gasteiger charge is -2.22. The van der Waals surface area contributed by atoms with Crippen molar-refractivity contribution >= 4 is 21.6 Å². The fourth-order valence-electron chi connectivity index (χ4n) is 2.03. The standard InChI is InChI=1S/C16H26N2O3S/c1-14(2)10-12-18(22(4,20)21)13-11-16(19)17(3)15-8-6-5-7-9-15/h5-9,14H,10-13H2,1-4H3. The Morgan fingerprint density at radius 2 is 1.73 bits per heavy atom. The van der Waals surface area contributed by atoms with Gasteiger partial charge in [0, 0.05) is 32.2 Å². The van der Waals surface area contributed by atoms with Gasteiger partial charge in [0.2, 0.25) is 15.9 Å². The summed E-state index contributed by atoms with van der Waals surface area (Å²) in [4.78, 5) is 13.8. The number of anilines is 1. The summed E-state index contributed by atoms with van der Waals surface area (Å²) in [5.74, 6) is 0.330. The molecule has 0 spiro atoms. The minimum Gasteiger partial charge on any atom is -0.315 e. The molecule has 0 saturated carbocycles. The highest BCUT2D eigenvalue weighted by Crippen LogP contribution is 2.13. The Morgan fingerprint density at radius 1 is 1.14 bits per heavy atom. The molecule has 0 aromatic heterocycles. The van der Waals surface area contributed by atoms with Crippen LogP contribution in [0.25, 0.3) is 0 Å². The third-order valence-corrected chi connectivity index (χ3v) is 4.82. The lowest BCUT2D eigenvalue weighted by molar-refractivity contribution is -0.118. The highest BCUT2D eigenvalue weighted by Gasteiger charge is 2.19. The highest BCUT2D eigenvalue weighted by atomic mass is 32.2. The fourth-order valence-corrected chi connectivity index (χ4v) is 2.89. The molecule has 0 fully saturated rings. The summed E-state index contributed by atoms with van der Waals surface area (Å²) >= 11 is 0. The molecule has 0 unspecified atom stereocenters. The number of para-hydroxylation sites is 1. The summed E-state index contributed by atoms with van der Waals surface area (Å²) in [7, 11) is -1.58. The van der Waals surface area contributed by atoms with E-state index < -0.39 is 10.0 Å². The molecule has 0 bridgehead atoms. The van der Waals surface area contributed by atoms with Crippen molar-refractivity contribution in [1.29, 1.82) is 0 Å². The van der Waals surface area contributed by atoms with Gasteiger partial charge in [0.25, 0.3) is 0 Å². The summed E-state index contributed by atoms with van der Waals surface area (Å²) in [5, 5.41) is 0. The molecule has 0 N–H and O–H groups in total. The number of nitrogens with zero attached hydrogens (tertiary/aromatic N) is 2. The van der Waals surface area contributed by atoms with Gasteiger partial charge in [-0.15, -0.1) is 0 Å². The van der Waals surface area contributed by atoms with E-state index in [1.54, 1.807) is 11.9 Å². The Labute approximate surface area is 134 Å². The summed E-state index contributed by atoms with van der Waals surface area (Å²) in [6.45, 7) is 4.78. The molecule has 0 aliphatic heterocycles. The maximum atomic E-state index is 12.2. The summed E-state index contributed by atoms with van der Waals surface area (Å²) < 4.78 is 25.0. The molecule has 1 aromatic carbocycles. The first-order chi connectivity index (χ1) is 10.2. The van der Waals surface area contributed by atoms with Gasteiger partial charge in [-0.05, 0) is 24.5 Å². The van der Waals surface area contributed by atoms with Crippen LogP contribution >= 0.6 is 0 Å². The van der Waals surface area contributed by atoms with E-state index in [4.69, 9.17) is 0 Å². The van der Waals surface area contributed by atoms with Crippen LogP contribution < -0.4 is 4.90 Å². The van der Waals surface area contributed by atoms with Crippen molar-refractivity contribution in [2.75, 3.05) is 31.3 Å². The molecule has 0 saturated heterocycles. The molecule has 0 radical (unpaired) electrons. The van der Waals surface area contributed by atoms with Crippen LogP contribution in [0.5, 0.6) is 0 Å². The first kappa shape index (κ1) is 18.6. The average molecular weight is 326 g/mol. The third kappa shape index (κ3) is 6.15. The average Bonchev–Trinajstić information content (AvgIpc) is 2.45. The van der Waals surface area contributed by atoms with E-state index in [0.29, 0.717) is 12.5 Å². The smallest absolute Gasteiger partial charge is 0.228 e. The summed E-state index contributed by atoms with van der Waals surface area (Å²) in [6, 6.07) is 9.32. The molecule has 6 heteroatoms. The van der Waals surface area contributed by atoms with Crippen LogP contribution in [0.3, 0.4) is 0 Å². The zero-order chi connectivity index (χ0) is 16.8. The van der Waals surface area contributed by atoms with Crippen molar-refractivity contribution in [2.24, 2.45) is 5.92 Å². The van der Waals surface area contributed by atoms with E-state index in [-0.39, 0.29) is 18.9 Å². The number of hydrogen-bond acceptors (Lipinski definition) is 3. The second kappa shape index (κ2) is 8.29. The zero-order valence-electron chi connectivity index (χ0n) is 13.8. The van der Waals surface area contributed by atoms with Crippen molar-refractivity contribution in [3.05, 3.63) is 30.3 Å². The Kier molecular flexibility index (Phi) is 7.03. The minimum absolute atomic E-state index is 0.0932. The Hall–Kier alpha value is -1.40. The van der Waals surface area contributed by atoms with Crippen molar-refractivity contribution in [2.45, 2.75) is 26.7 Å². The van der Waals surface area contributed by atoms with Gasteiger partial charge < -0.3 is 4.90 Å². The molecular weight excluding hydrogens is 300 g/mol. The van der Waals surface area contributed by atoms with Gasteiger partial charge in [-0.1, -0.05) is 32.0 Å². The van der Waals surface area contributed by atoms with Crippen LogP contribution in [0.4, 0.5) is 5.69 Å². The van der Waals surface area contributed by atoms with Crippen LogP contribution in [0.2, 0.25) is 0 Å². The second-order valence-corrected chi connectivity index (χ2v) is 7.87. The van der Waals surface area contributed by atoms with Crippen LogP contribution in [-0.2, 0) is 14.8 Å². The first-order valence-corrected chi connectivity index (χ1v) is 9.33. The summed E-state index contributed by atoms with van der Waals surface area (Å²) in [5.41, 5.74) is 0.806. The normalized spacial score (nSPS) is 11.9. The van der Waals surface area contributed by atoms with Crippen LogP contribution in [0, 0.1) is 5.92 Å². The van der Waals surface area contributed by atoms with Crippen LogP contribution in [-0.4, -0.2) is 45.0 Å². The molecule has 22 heavy (non-hydrogen) atoms. The van der Waals surface area contributed by atoms with Crippen LogP contribution in [0.1, 0.15) is 26.7 Å². The number of sulfonamides is 1. The van der Waals surface area contributed by atoms with E-state index >= 15 is 0 Å². The maximum Gasteiger partial charge on any atom is 0.228 e. The van der Waals surface area contributed by atoms with E-state index in [2.05, 4.69) is 13.8 Å². The van der Waals surface area contributed by atoms with Crippen molar-refractivity contribution in [3.8, 4) is 0 Å². The number of hydrogen-bond donors (Lipinski definition) is 0. The molecule has 0 aliphatic carbocycles. The SMILES string of the molecule is CC(C)CCN(CCC(=O)N(C)c1ccccc1)S(C)(=O)=O. The Morgan fingerprint density at radius 3 is 2.23 bits per heavy atom. The van der Waals surface area contributed by atoms with Gasteiger partial charge in [-0.25, -0.2) is 12.7 Å².